The van der Waals surface area contributed by atoms with E-state index in [2.05, 4.69) is 16.8 Å². The summed E-state index contributed by atoms with van der Waals surface area (Å²) < 4.78 is 0. The minimum absolute atomic E-state index is 0.260. The highest BCUT2D eigenvalue weighted by Crippen LogP contribution is 1.95. The summed E-state index contributed by atoms with van der Waals surface area (Å²) in [7, 11) is 0. The van der Waals surface area contributed by atoms with E-state index in [-0.39, 0.29) is 5.69 Å². The quantitative estimate of drug-likeness (QED) is 0.548. The highest BCUT2D eigenvalue weighted by Gasteiger charge is 1.92. The Morgan fingerprint density at radius 3 is 2.77 bits per heavy atom. The molecule has 0 aliphatic heterocycles. The van der Waals surface area contributed by atoms with Gasteiger partial charge in [0.25, 0.3) is 5.91 Å². The first kappa shape index (κ1) is 8.76. The molecule has 0 fully saturated rings. The number of amides is 1. The molecule has 0 atom stereocenters. The van der Waals surface area contributed by atoms with E-state index in [0.717, 1.165) is 0 Å². The molecule has 0 spiro atoms. The molecule has 1 heterocycles. The van der Waals surface area contributed by atoms with Crippen LogP contribution < -0.4 is 5.73 Å². The third-order valence-electron chi connectivity index (χ3n) is 1.18. The molecule has 0 unspecified atom stereocenters. The third kappa shape index (κ3) is 2.64. The van der Waals surface area contributed by atoms with Crippen molar-refractivity contribution in [3.05, 3.63) is 29.6 Å². The molecule has 0 bridgehead atoms. The number of carbonyl (C=O) groups is 1. The second-order valence-electron chi connectivity index (χ2n) is 2.13. The van der Waals surface area contributed by atoms with Gasteiger partial charge in [-0.2, -0.15) is 5.26 Å². The number of pyridine rings is 1. The van der Waals surface area contributed by atoms with Crippen LogP contribution in [-0.4, -0.2) is 10.9 Å². The fourth-order valence-corrected chi connectivity index (χ4v) is 0.692. The smallest absolute Gasteiger partial charge is 0.293 e. The molecular weight excluding hydrogens is 166 g/mol. The van der Waals surface area contributed by atoms with Crippen LogP contribution in [0.3, 0.4) is 0 Å². The van der Waals surface area contributed by atoms with Gasteiger partial charge in [0.2, 0.25) is 0 Å². The zero-order valence-corrected chi connectivity index (χ0v) is 6.61. The minimum Gasteiger partial charge on any atom is -0.359 e. The molecule has 2 N–H and O–H groups in total. The number of hydrogen-bond acceptors (Lipinski definition) is 3. The highest BCUT2D eigenvalue weighted by molar-refractivity contribution is 5.92. The normalized spacial score (nSPS) is 7.92. The van der Waals surface area contributed by atoms with E-state index in [1.165, 1.54) is 0 Å². The molecule has 0 saturated heterocycles. The zero-order valence-electron chi connectivity index (χ0n) is 6.61. The Morgan fingerprint density at radius 2 is 2.15 bits per heavy atom. The summed E-state index contributed by atoms with van der Waals surface area (Å²) in [6.07, 6.45) is 0. The molecule has 1 aromatic heterocycles. The summed E-state index contributed by atoms with van der Waals surface area (Å²) in [6.45, 7) is 0. The second kappa shape index (κ2) is 3.89. The molecule has 13 heavy (non-hydrogen) atoms. The van der Waals surface area contributed by atoms with Gasteiger partial charge in [0.1, 0.15) is 17.5 Å². The monoisotopic (exact) mass is 171 g/mol. The lowest BCUT2D eigenvalue weighted by Gasteiger charge is -1.88. The number of carbonyl (C=O) groups excluding carboxylic acids is 1. The van der Waals surface area contributed by atoms with E-state index in [1.54, 1.807) is 18.2 Å². The van der Waals surface area contributed by atoms with Crippen LogP contribution >= 0.6 is 0 Å². The molecule has 0 aliphatic carbocycles. The Bertz CT molecular complexity index is 434. The Balaban J connectivity index is 3.00. The van der Waals surface area contributed by atoms with Crippen molar-refractivity contribution in [3.8, 4) is 17.9 Å². The summed E-state index contributed by atoms with van der Waals surface area (Å²) in [6, 6.07) is 6.64. The Kier molecular flexibility index (Phi) is 2.62. The van der Waals surface area contributed by atoms with Crippen LogP contribution in [0.2, 0.25) is 0 Å². The maximum absolute atomic E-state index is 10.3. The van der Waals surface area contributed by atoms with Gasteiger partial charge in [-0.3, -0.25) is 4.79 Å². The Hall–Kier alpha value is -2.33. The van der Waals surface area contributed by atoms with E-state index in [9.17, 15) is 4.79 Å². The summed E-state index contributed by atoms with van der Waals surface area (Å²) in [5.41, 5.74) is 5.43. The average molecular weight is 171 g/mol. The number of nitriles is 1. The number of aromatic nitrogens is 1. The number of nitrogens with two attached hydrogens (primary N) is 1. The number of rotatable bonds is 0. The predicted octanol–water partition coefficient (Wildman–Crippen LogP) is -0.210. The van der Waals surface area contributed by atoms with Crippen molar-refractivity contribution in [3.63, 3.8) is 0 Å². The SMILES string of the molecule is N#Cc1cccc(C#CC(N)=O)n1. The van der Waals surface area contributed by atoms with Gasteiger partial charge in [0.05, 0.1) is 0 Å². The maximum atomic E-state index is 10.3. The predicted molar refractivity (Wildman–Crippen MR) is 45.0 cm³/mol. The zero-order chi connectivity index (χ0) is 9.68. The first-order valence-corrected chi connectivity index (χ1v) is 3.41. The molecule has 0 saturated carbocycles. The molecule has 0 radical (unpaired) electrons. The van der Waals surface area contributed by atoms with E-state index in [4.69, 9.17) is 11.0 Å². The lowest BCUT2D eigenvalue weighted by Crippen LogP contribution is -2.06. The average Bonchev–Trinajstić information content (AvgIpc) is 2.15. The number of nitrogens with zero attached hydrogens (tertiary/aromatic N) is 2. The summed E-state index contributed by atoms with van der Waals surface area (Å²) in [4.78, 5) is 14.1. The van der Waals surface area contributed by atoms with Crippen LogP contribution in [0.25, 0.3) is 0 Å². The minimum atomic E-state index is -0.718. The van der Waals surface area contributed by atoms with Crippen molar-refractivity contribution in [2.75, 3.05) is 0 Å². The first-order valence-electron chi connectivity index (χ1n) is 3.41. The van der Waals surface area contributed by atoms with E-state index >= 15 is 0 Å². The number of hydrogen-bond donors (Lipinski definition) is 1. The molecule has 4 heteroatoms. The Labute approximate surface area is 75.0 Å². The van der Waals surface area contributed by atoms with E-state index < -0.39 is 5.91 Å². The molecule has 4 nitrogen and oxygen atoms in total. The van der Waals surface area contributed by atoms with Gasteiger partial charge in [-0.15, -0.1) is 0 Å². The topological polar surface area (TPSA) is 79.8 Å². The second-order valence-corrected chi connectivity index (χ2v) is 2.13. The van der Waals surface area contributed by atoms with Crippen LogP contribution in [-0.2, 0) is 4.79 Å². The maximum Gasteiger partial charge on any atom is 0.293 e. The van der Waals surface area contributed by atoms with Crippen LogP contribution in [0.4, 0.5) is 0 Å². The van der Waals surface area contributed by atoms with E-state index in [0.29, 0.717) is 5.69 Å². The molecule has 1 aromatic rings. The van der Waals surface area contributed by atoms with Crippen LogP contribution in [0.15, 0.2) is 18.2 Å². The van der Waals surface area contributed by atoms with Gasteiger partial charge in [0, 0.05) is 5.92 Å². The third-order valence-corrected chi connectivity index (χ3v) is 1.18. The van der Waals surface area contributed by atoms with Gasteiger partial charge in [0.15, 0.2) is 0 Å². The molecule has 1 rings (SSSR count). The summed E-state index contributed by atoms with van der Waals surface area (Å²) >= 11 is 0. The van der Waals surface area contributed by atoms with E-state index in [1.807, 2.05) is 6.07 Å². The lowest BCUT2D eigenvalue weighted by atomic mass is 10.3. The van der Waals surface area contributed by atoms with Crippen molar-refractivity contribution in [2.45, 2.75) is 0 Å². The van der Waals surface area contributed by atoms with Crippen molar-refractivity contribution in [1.82, 2.24) is 4.98 Å². The standard InChI is InChI=1S/C9H5N3O/c10-6-8-3-1-2-7(12-8)4-5-9(11)13/h1-3H,(H2,11,13). The summed E-state index contributed by atoms with van der Waals surface area (Å²) in [5, 5.41) is 8.49. The van der Waals surface area contributed by atoms with Crippen molar-refractivity contribution >= 4 is 5.91 Å². The summed E-state index contributed by atoms with van der Waals surface area (Å²) in [5.74, 6) is 3.84. The molecule has 0 aromatic carbocycles. The van der Waals surface area contributed by atoms with Gasteiger partial charge in [-0.1, -0.05) is 6.07 Å². The van der Waals surface area contributed by atoms with Crippen LogP contribution in [0.1, 0.15) is 11.4 Å². The van der Waals surface area contributed by atoms with Gasteiger partial charge < -0.3 is 5.73 Å². The Morgan fingerprint density at radius 1 is 1.46 bits per heavy atom. The molecule has 1 amide bonds. The molecule has 0 aliphatic rings. The first-order chi connectivity index (χ1) is 6.22. The van der Waals surface area contributed by atoms with Crippen LogP contribution in [0, 0.1) is 23.2 Å². The van der Waals surface area contributed by atoms with Crippen molar-refractivity contribution in [2.24, 2.45) is 5.73 Å². The van der Waals surface area contributed by atoms with Crippen molar-refractivity contribution in [1.29, 1.82) is 5.26 Å². The van der Waals surface area contributed by atoms with Gasteiger partial charge >= 0.3 is 0 Å². The van der Waals surface area contributed by atoms with Gasteiger partial charge in [-0.05, 0) is 18.1 Å². The molecule has 62 valence electrons. The largest absolute Gasteiger partial charge is 0.359 e. The fourth-order valence-electron chi connectivity index (χ4n) is 0.692. The highest BCUT2D eigenvalue weighted by atomic mass is 16.1. The van der Waals surface area contributed by atoms with Gasteiger partial charge in [-0.25, -0.2) is 4.98 Å². The lowest BCUT2D eigenvalue weighted by molar-refractivity contribution is -0.112. The fraction of sp³-hybridized carbons (Fsp3) is 0. The van der Waals surface area contributed by atoms with Crippen LogP contribution in [0.5, 0.6) is 0 Å². The molecular formula is C9H5N3O. The van der Waals surface area contributed by atoms with Crippen molar-refractivity contribution < 1.29 is 4.79 Å². The number of primary amides is 1.